The van der Waals surface area contributed by atoms with Gasteiger partial charge in [0.05, 0.1) is 0 Å². The number of nitrogens with one attached hydrogen (secondary N) is 1. The van der Waals surface area contributed by atoms with Crippen molar-refractivity contribution in [3.8, 4) is 0 Å². The third-order valence-electron chi connectivity index (χ3n) is 4.14. The lowest BCUT2D eigenvalue weighted by Crippen LogP contribution is -2.19. The maximum Gasteiger partial charge on any atom is 0.134 e. The molecule has 0 saturated carbocycles. The number of hydrogen-bond acceptors (Lipinski definition) is 4. The lowest BCUT2D eigenvalue weighted by Gasteiger charge is -2.19. The average Bonchev–Trinajstić information content (AvgIpc) is 2.64. The molecule has 5 heteroatoms. The SMILES string of the molecule is Cc1nc(NCCc2ccccc2F)cc(N(C)Cc2ccccc2)n1. The van der Waals surface area contributed by atoms with Crippen LogP contribution in [0.4, 0.5) is 16.0 Å². The van der Waals surface area contributed by atoms with Gasteiger partial charge in [-0.25, -0.2) is 14.4 Å². The highest BCUT2D eigenvalue weighted by molar-refractivity contribution is 5.49. The van der Waals surface area contributed by atoms with Gasteiger partial charge in [0.2, 0.25) is 0 Å². The molecule has 0 aliphatic carbocycles. The second-order valence-electron chi connectivity index (χ2n) is 6.27. The lowest BCUT2D eigenvalue weighted by molar-refractivity contribution is 0.610. The minimum Gasteiger partial charge on any atom is -0.370 e. The molecule has 0 unspecified atom stereocenters. The van der Waals surface area contributed by atoms with Crippen LogP contribution in [0.15, 0.2) is 60.7 Å². The Morgan fingerprint density at radius 1 is 1.00 bits per heavy atom. The Morgan fingerprint density at radius 3 is 2.50 bits per heavy atom. The molecule has 0 atom stereocenters. The predicted molar refractivity (Wildman–Crippen MR) is 104 cm³/mol. The van der Waals surface area contributed by atoms with Crippen LogP contribution in [0, 0.1) is 12.7 Å². The van der Waals surface area contributed by atoms with Crippen LogP contribution < -0.4 is 10.2 Å². The lowest BCUT2D eigenvalue weighted by atomic mass is 10.1. The second kappa shape index (κ2) is 8.43. The van der Waals surface area contributed by atoms with Gasteiger partial charge in [-0.3, -0.25) is 0 Å². The molecule has 0 spiro atoms. The smallest absolute Gasteiger partial charge is 0.134 e. The summed E-state index contributed by atoms with van der Waals surface area (Å²) in [5, 5.41) is 3.28. The van der Waals surface area contributed by atoms with Crippen LogP contribution in [-0.4, -0.2) is 23.6 Å². The van der Waals surface area contributed by atoms with E-state index in [1.165, 1.54) is 11.6 Å². The average molecular weight is 350 g/mol. The van der Waals surface area contributed by atoms with Crippen LogP contribution in [-0.2, 0) is 13.0 Å². The fraction of sp³-hybridized carbons (Fsp3) is 0.238. The number of anilines is 2. The summed E-state index contributed by atoms with van der Waals surface area (Å²) in [5.74, 6) is 2.14. The van der Waals surface area contributed by atoms with Crippen LogP contribution in [0.25, 0.3) is 0 Å². The molecule has 1 aromatic heterocycles. The zero-order chi connectivity index (χ0) is 18.4. The van der Waals surface area contributed by atoms with E-state index in [4.69, 9.17) is 0 Å². The van der Waals surface area contributed by atoms with E-state index in [0.717, 1.165) is 18.2 Å². The zero-order valence-corrected chi connectivity index (χ0v) is 15.1. The molecular formula is C21H23FN4. The third kappa shape index (κ3) is 4.79. The third-order valence-corrected chi connectivity index (χ3v) is 4.14. The van der Waals surface area contributed by atoms with E-state index >= 15 is 0 Å². The maximum atomic E-state index is 13.7. The van der Waals surface area contributed by atoms with Crippen molar-refractivity contribution < 1.29 is 4.39 Å². The quantitative estimate of drug-likeness (QED) is 0.693. The summed E-state index contributed by atoms with van der Waals surface area (Å²) in [6.45, 7) is 3.26. The van der Waals surface area contributed by atoms with Crippen molar-refractivity contribution in [3.05, 3.63) is 83.4 Å². The number of aryl methyl sites for hydroxylation is 1. The van der Waals surface area contributed by atoms with Crippen LogP contribution in [0.1, 0.15) is 17.0 Å². The molecule has 0 aliphatic rings. The van der Waals surface area contributed by atoms with Crippen LogP contribution in [0.5, 0.6) is 0 Å². The van der Waals surface area contributed by atoms with Gasteiger partial charge >= 0.3 is 0 Å². The minimum absolute atomic E-state index is 0.170. The first-order valence-corrected chi connectivity index (χ1v) is 8.70. The normalized spacial score (nSPS) is 10.6. The molecule has 0 fully saturated rings. The molecule has 3 rings (SSSR count). The van der Waals surface area contributed by atoms with Gasteiger partial charge in [0.25, 0.3) is 0 Å². The van der Waals surface area contributed by atoms with Gasteiger partial charge in [-0.15, -0.1) is 0 Å². The Hall–Kier alpha value is -2.95. The summed E-state index contributed by atoms with van der Waals surface area (Å²) in [4.78, 5) is 11.0. The second-order valence-corrected chi connectivity index (χ2v) is 6.27. The van der Waals surface area contributed by atoms with Gasteiger partial charge in [0.15, 0.2) is 0 Å². The van der Waals surface area contributed by atoms with Crippen molar-refractivity contribution in [2.45, 2.75) is 19.9 Å². The molecule has 3 aromatic rings. The standard InChI is InChI=1S/C21H23FN4/c1-16-24-20(23-13-12-18-10-6-7-11-19(18)22)14-21(25-16)26(2)15-17-8-4-3-5-9-17/h3-11,14H,12-13,15H2,1-2H3,(H,23,24,25). The van der Waals surface area contributed by atoms with Gasteiger partial charge in [-0.1, -0.05) is 48.5 Å². The molecule has 0 aliphatic heterocycles. The van der Waals surface area contributed by atoms with Crippen molar-refractivity contribution in [2.75, 3.05) is 23.8 Å². The van der Waals surface area contributed by atoms with Crippen LogP contribution in [0.2, 0.25) is 0 Å². The van der Waals surface area contributed by atoms with E-state index in [-0.39, 0.29) is 5.82 Å². The van der Waals surface area contributed by atoms with Gasteiger partial charge in [-0.2, -0.15) is 0 Å². The Balaban J connectivity index is 1.64. The molecule has 4 nitrogen and oxygen atoms in total. The number of aromatic nitrogens is 2. The summed E-state index contributed by atoms with van der Waals surface area (Å²) in [5.41, 5.74) is 1.92. The summed E-state index contributed by atoms with van der Waals surface area (Å²) in [6, 6.07) is 19.0. The fourth-order valence-electron chi connectivity index (χ4n) is 2.80. The van der Waals surface area contributed by atoms with Crippen molar-refractivity contribution in [1.29, 1.82) is 0 Å². The Kier molecular flexibility index (Phi) is 5.79. The first-order valence-electron chi connectivity index (χ1n) is 8.70. The highest BCUT2D eigenvalue weighted by Crippen LogP contribution is 2.17. The van der Waals surface area contributed by atoms with Crippen LogP contribution in [0.3, 0.4) is 0 Å². The largest absolute Gasteiger partial charge is 0.370 e. The van der Waals surface area contributed by atoms with E-state index in [2.05, 4.69) is 32.3 Å². The molecule has 0 amide bonds. The highest BCUT2D eigenvalue weighted by Gasteiger charge is 2.08. The molecular weight excluding hydrogens is 327 g/mol. The Morgan fingerprint density at radius 2 is 1.73 bits per heavy atom. The summed E-state index contributed by atoms with van der Waals surface area (Å²) in [6.07, 6.45) is 0.602. The molecule has 1 N–H and O–H groups in total. The van der Waals surface area contributed by atoms with E-state index in [1.807, 2.05) is 44.3 Å². The molecule has 1 heterocycles. The van der Waals surface area contributed by atoms with Crippen molar-refractivity contribution in [1.82, 2.24) is 9.97 Å². The topological polar surface area (TPSA) is 41.1 Å². The molecule has 0 bridgehead atoms. The number of hydrogen-bond donors (Lipinski definition) is 1. The van der Waals surface area contributed by atoms with Gasteiger partial charge in [0.1, 0.15) is 23.3 Å². The number of rotatable bonds is 7. The van der Waals surface area contributed by atoms with E-state index in [0.29, 0.717) is 24.4 Å². The zero-order valence-electron chi connectivity index (χ0n) is 15.1. The fourth-order valence-corrected chi connectivity index (χ4v) is 2.80. The molecule has 0 radical (unpaired) electrons. The van der Waals surface area contributed by atoms with Gasteiger partial charge in [-0.05, 0) is 30.5 Å². The molecule has 134 valence electrons. The monoisotopic (exact) mass is 350 g/mol. The van der Waals surface area contributed by atoms with E-state index < -0.39 is 0 Å². The first kappa shape index (κ1) is 17.9. The highest BCUT2D eigenvalue weighted by atomic mass is 19.1. The van der Waals surface area contributed by atoms with Crippen molar-refractivity contribution in [3.63, 3.8) is 0 Å². The first-order chi connectivity index (χ1) is 12.6. The van der Waals surface area contributed by atoms with E-state index in [1.54, 1.807) is 12.1 Å². The van der Waals surface area contributed by atoms with Gasteiger partial charge < -0.3 is 10.2 Å². The van der Waals surface area contributed by atoms with Crippen LogP contribution >= 0.6 is 0 Å². The van der Waals surface area contributed by atoms with Crippen molar-refractivity contribution in [2.24, 2.45) is 0 Å². The number of benzene rings is 2. The number of nitrogens with zero attached hydrogens (tertiary/aromatic N) is 3. The predicted octanol–water partition coefficient (Wildman–Crippen LogP) is 4.22. The minimum atomic E-state index is -0.170. The number of halogens is 1. The summed E-state index contributed by atoms with van der Waals surface area (Å²) < 4.78 is 13.7. The molecule has 26 heavy (non-hydrogen) atoms. The Labute approximate surface area is 153 Å². The molecule has 2 aromatic carbocycles. The maximum absolute atomic E-state index is 13.7. The molecule has 0 saturated heterocycles. The Bertz CT molecular complexity index is 852. The van der Waals surface area contributed by atoms with E-state index in [9.17, 15) is 4.39 Å². The van der Waals surface area contributed by atoms with Crippen molar-refractivity contribution >= 4 is 11.6 Å². The summed E-state index contributed by atoms with van der Waals surface area (Å²) in [7, 11) is 2.01. The summed E-state index contributed by atoms with van der Waals surface area (Å²) >= 11 is 0. The van der Waals surface area contributed by atoms with Gasteiger partial charge in [0, 0.05) is 26.2 Å².